The number of nitrogens with zero attached hydrogens (tertiary/aromatic N) is 2. The Hall–Kier alpha value is -4.79. The number of hydrogen-bond donors (Lipinski definition) is 2. The summed E-state index contributed by atoms with van der Waals surface area (Å²) in [6, 6.07) is 24.7. The number of nitro groups is 1. The Kier molecular flexibility index (Phi) is 7.67. The van der Waals surface area contributed by atoms with Crippen molar-refractivity contribution in [2.24, 2.45) is 29.6 Å². The van der Waals surface area contributed by atoms with E-state index in [1.807, 2.05) is 60.7 Å². The van der Waals surface area contributed by atoms with Crippen molar-refractivity contribution in [1.29, 1.82) is 0 Å². The van der Waals surface area contributed by atoms with Crippen molar-refractivity contribution in [2.45, 2.75) is 22.6 Å². The monoisotopic (exact) mass is 782 g/mol. The largest absolute Gasteiger partial charge is 0.483 e. The van der Waals surface area contributed by atoms with Crippen molar-refractivity contribution in [3.05, 3.63) is 120 Å². The first-order valence-electron chi connectivity index (χ1n) is 16.4. The highest BCUT2D eigenvalue weighted by molar-refractivity contribution is 9.10. The molecule has 2 N–H and O–H groups in total. The number of fused-ring (bicyclic) bond motifs is 10. The molecule has 2 saturated carbocycles. The molecule has 2 aliphatic heterocycles. The Morgan fingerprint density at radius 1 is 0.961 bits per heavy atom. The van der Waals surface area contributed by atoms with Crippen LogP contribution in [0.1, 0.15) is 22.8 Å². The van der Waals surface area contributed by atoms with E-state index < -0.39 is 16.8 Å². The summed E-state index contributed by atoms with van der Waals surface area (Å²) in [5.74, 6) is -2.18. The number of anilines is 2. The van der Waals surface area contributed by atoms with Gasteiger partial charge >= 0.3 is 4.87 Å². The van der Waals surface area contributed by atoms with E-state index in [4.69, 9.17) is 4.74 Å². The number of thiazole rings is 1. The lowest BCUT2D eigenvalue weighted by atomic mass is 9.68. The molecule has 3 fully saturated rings. The number of thioether (sulfide) groups is 1. The van der Waals surface area contributed by atoms with Gasteiger partial charge in [-0.1, -0.05) is 57.6 Å². The Balaban J connectivity index is 1.03. The molecule has 11 nitrogen and oxygen atoms in total. The number of imide groups is 1. The fourth-order valence-electron chi connectivity index (χ4n) is 8.84. The lowest BCUT2D eigenvalue weighted by Gasteiger charge is -2.43. The van der Waals surface area contributed by atoms with E-state index in [0.717, 1.165) is 42.0 Å². The number of ether oxygens (including phenoxy) is 1. The Bertz CT molecular complexity index is 2360. The van der Waals surface area contributed by atoms with Crippen LogP contribution < -0.4 is 19.8 Å². The summed E-state index contributed by atoms with van der Waals surface area (Å²) in [4.78, 5) is 69.7. The summed E-state index contributed by atoms with van der Waals surface area (Å²) in [7, 11) is 0. The number of carbonyl (C=O) groups is 3. The van der Waals surface area contributed by atoms with E-state index in [0.29, 0.717) is 23.5 Å². The Labute approximate surface area is 306 Å². The van der Waals surface area contributed by atoms with Crippen molar-refractivity contribution in [2.75, 3.05) is 16.8 Å². The van der Waals surface area contributed by atoms with E-state index >= 15 is 0 Å². The molecule has 1 saturated heterocycles. The highest BCUT2D eigenvalue weighted by Crippen LogP contribution is 2.69. The van der Waals surface area contributed by atoms with Crippen LogP contribution >= 0.6 is 39.0 Å². The number of benzene rings is 4. The van der Waals surface area contributed by atoms with E-state index in [-0.39, 0.29) is 63.8 Å². The predicted molar refractivity (Wildman–Crippen MR) is 196 cm³/mol. The van der Waals surface area contributed by atoms with Crippen LogP contribution in [0.5, 0.6) is 5.75 Å². The van der Waals surface area contributed by atoms with Crippen LogP contribution in [0.15, 0.2) is 99.2 Å². The van der Waals surface area contributed by atoms with Gasteiger partial charge in [0.1, 0.15) is 5.75 Å². The second kappa shape index (κ2) is 12.2. The van der Waals surface area contributed by atoms with Crippen LogP contribution in [-0.4, -0.2) is 39.5 Å². The third-order valence-corrected chi connectivity index (χ3v) is 13.8. The molecule has 4 aliphatic rings. The summed E-state index contributed by atoms with van der Waals surface area (Å²) >= 11 is 6.34. The second-order valence-corrected chi connectivity index (χ2v) is 16.4. The van der Waals surface area contributed by atoms with Gasteiger partial charge in [-0.3, -0.25) is 34.2 Å². The summed E-state index contributed by atoms with van der Waals surface area (Å²) in [6.45, 7) is -0.249. The normalized spacial score (nSPS) is 25.8. The number of H-pyrrole nitrogens is 1. The van der Waals surface area contributed by atoms with E-state index in [2.05, 4.69) is 26.2 Å². The third kappa shape index (κ3) is 5.22. The lowest BCUT2D eigenvalue weighted by molar-refractivity contribution is -0.384. The van der Waals surface area contributed by atoms with Crippen molar-refractivity contribution in [1.82, 2.24) is 4.98 Å². The molecular formula is C37H27BrN4O7S2. The molecule has 14 heteroatoms. The number of amides is 3. The van der Waals surface area contributed by atoms with Gasteiger partial charge in [0.25, 0.3) is 11.6 Å². The molecule has 0 unspecified atom stereocenters. The van der Waals surface area contributed by atoms with Crippen LogP contribution in [0.4, 0.5) is 17.1 Å². The second-order valence-electron chi connectivity index (χ2n) is 13.3. The van der Waals surface area contributed by atoms with E-state index in [1.165, 1.54) is 29.2 Å². The van der Waals surface area contributed by atoms with Crippen LogP contribution in [0.3, 0.4) is 0 Å². The Morgan fingerprint density at radius 2 is 1.71 bits per heavy atom. The maximum Gasteiger partial charge on any atom is 0.305 e. The number of hydrogen-bond acceptors (Lipinski definition) is 9. The fourth-order valence-corrected chi connectivity index (χ4v) is 12.1. The molecule has 2 aliphatic carbocycles. The van der Waals surface area contributed by atoms with E-state index in [1.54, 1.807) is 11.8 Å². The molecule has 9 rings (SSSR count). The SMILES string of the molecule is O=C(COc1ccc(Br)cc1[C@@H]1c2sc(=O)[nH]c2S[C@@H]2[C@@H]3C[C@@H]([C@@H]4C(=O)N(c5ccc([N+](=O)[O-])cc5)C(=O)[C@@H]34)[C@H]12)Nc1ccc2ccccc2c1. The zero-order valence-corrected chi connectivity index (χ0v) is 29.7. The van der Waals surface area contributed by atoms with Gasteiger partial charge in [0.05, 0.1) is 27.5 Å². The van der Waals surface area contributed by atoms with Gasteiger partial charge < -0.3 is 15.0 Å². The highest BCUT2D eigenvalue weighted by Gasteiger charge is 2.70. The number of aromatic amines is 1. The quantitative estimate of drug-likeness (QED) is 0.102. The average Bonchev–Trinajstić information content (AvgIpc) is 3.86. The third-order valence-electron chi connectivity index (χ3n) is 10.7. The first-order valence-corrected chi connectivity index (χ1v) is 18.9. The average molecular weight is 784 g/mol. The molecule has 2 bridgehead atoms. The summed E-state index contributed by atoms with van der Waals surface area (Å²) in [5.41, 5.74) is 1.65. The molecule has 256 valence electrons. The Morgan fingerprint density at radius 3 is 2.47 bits per heavy atom. The van der Waals surface area contributed by atoms with Crippen molar-refractivity contribution < 1.29 is 24.0 Å². The molecule has 0 radical (unpaired) electrons. The maximum atomic E-state index is 14.1. The van der Waals surface area contributed by atoms with Crippen molar-refractivity contribution in [3.63, 3.8) is 0 Å². The van der Waals surface area contributed by atoms with Gasteiger partial charge in [-0.25, -0.2) is 0 Å². The van der Waals surface area contributed by atoms with Gasteiger partial charge in [0.15, 0.2) is 6.61 Å². The van der Waals surface area contributed by atoms with Gasteiger partial charge in [-0.15, -0.1) is 11.8 Å². The molecule has 0 spiro atoms. The van der Waals surface area contributed by atoms with Crippen LogP contribution in [-0.2, 0) is 14.4 Å². The molecule has 51 heavy (non-hydrogen) atoms. The zero-order chi connectivity index (χ0) is 35.1. The molecular weight excluding hydrogens is 756 g/mol. The smallest absolute Gasteiger partial charge is 0.305 e. The number of nitro benzene ring substituents is 1. The first kappa shape index (κ1) is 32.1. The minimum absolute atomic E-state index is 0.0596. The highest BCUT2D eigenvalue weighted by atomic mass is 79.9. The molecule has 5 aromatic rings. The summed E-state index contributed by atoms with van der Waals surface area (Å²) in [5, 5.41) is 16.9. The molecule has 3 amide bonds. The summed E-state index contributed by atoms with van der Waals surface area (Å²) in [6.07, 6.45) is 0.692. The van der Waals surface area contributed by atoms with Crippen molar-refractivity contribution in [3.8, 4) is 5.75 Å². The fraction of sp³-hybridized carbons (Fsp3) is 0.243. The zero-order valence-electron chi connectivity index (χ0n) is 26.5. The molecule has 4 aromatic carbocycles. The topological polar surface area (TPSA) is 152 Å². The molecule has 3 heterocycles. The minimum Gasteiger partial charge on any atom is -0.483 e. The minimum atomic E-state index is -0.552. The van der Waals surface area contributed by atoms with Gasteiger partial charge in [0.2, 0.25) is 11.8 Å². The number of rotatable bonds is 7. The van der Waals surface area contributed by atoms with Gasteiger partial charge in [-0.05, 0) is 77.4 Å². The number of aromatic nitrogens is 1. The lowest BCUT2D eigenvalue weighted by Crippen LogP contribution is -2.42. The standard InChI is InChI=1S/C37H27BrN4O7S2/c38-19-6-12-26(49-16-27(43)39-20-7-5-17-3-1-2-4-18(17)13-20)23(14-19)28-29-24-15-25(32(29)50-34-33(28)51-37(46)40-34)31-30(24)35(44)41(36(31)45)21-8-10-22(11-9-21)42(47)48/h1-14,24-25,28-32H,15-16H2,(H,39,43)(H,40,46)/t24-,25-,28+,29-,30+,31+,32-/m1/s1. The van der Waals surface area contributed by atoms with Gasteiger partial charge in [0, 0.05) is 43.9 Å². The van der Waals surface area contributed by atoms with Crippen LogP contribution in [0.25, 0.3) is 10.8 Å². The van der Waals surface area contributed by atoms with Crippen LogP contribution in [0, 0.1) is 39.7 Å². The van der Waals surface area contributed by atoms with Gasteiger partial charge in [-0.2, -0.15) is 0 Å². The number of halogens is 1. The number of non-ortho nitro benzene ring substituents is 1. The van der Waals surface area contributed by atoms with Crippen LogP contribution in [0.2, 0.25) is 0 Å². The van der Waals surface area contributed by atoms with E-state index in [9.17, 15) is 29.3 Å². The first-order chi connectivity index (χ1) is 24.7. The molecule has 1 aromatic heterocycles. The maximum absolute atomic E-state index is 14.1. The number of nitrogens with one attached hydrogen (secondary N) is 2. The number of carbonyl (C=O) groups excluding carboxylic acids is 3. The van der Waals surface area contributed by atoms with Crippen molar-refractivity contribution >= 4 is 84.6 Å². The molecule has 7 atom stereocenters. The summed E-state index contributed by atoms with van der Waals surface area (Å²) < 4.78 is 7.04. The predicted octanol–water partition coefficient (Wildman–Crippen LogP) is 6.96.